The number of nitrogens with zero attached hydrogens (tertiary/aromatic N) is 6. The lowest BCUT2D eigenvalue weighted by Gasteiger charge is -2.20. The third-order valence-electron chi connectivity index (χ3n) is 7.84. The second-order valence-corrected chi connectivity index (χ2v) is 12.2. The minimum absolute atomic E-state index is 0.0167. The van der Waals surface area contributed by atoms with Crippen molar-refractivity contribution in [2.24, 2.45) is 0 Å². The molecule has 16 nitrogen and oxygen atoms in total. The van der Waals surface area contributed by atoms with Gasteiger partial charge in [-0.15, -0.1) is 5.10 Å². The van der Waals surface area contributed by atoms with Gasteiger partial charge in [0.25, 0.3) is 11.2 Å². The van der Waals surface area contributed by atoms with E-state index in [0.717, 1.165) is 30.5 Å². The maximum atomic E-state index is 12.5. The van der Waals surface area contributed by atoms with E-state index in [9.17, 15) is 19.7 Å². The average molecular weight is 688 g/mol. The van der Waals surface area contributed by atoms with Crippen molar-refractivity contribution in [2.75, 3.05) is 20.0 Å². The normalized spacial score (nSPS) is 18.4. The molecule has 3 aromatic rings. The lowest BCUT2D eigenvalue weighted by molar-refractivity contribution is -0.386. The fourth-order valence-electron chi connectivity index (χ4n) is 5.23. The highest BCUT2D eigenvalue weighted by Gasteiger charge is 2.38. The lowest BCUT2D eigenvalue weighted by atomic mass is 10.0. The highest BCUT2D eigenvalue weighted by molar-refractivity contribution is 7.26. The summed E-state index contributed by atoms with van der Waals surface area (Å²) in [5, 5.41) is 29.0. The van der Waals surface area contributed by atoms with E-state index < -0.39 is 40.7 Å². The Kier molecular flexibility index (Phi) is 14.4. The average Bonchev–Trinajstić information content (AvgIpc) is 3.69. The molecule has 2 unspecified atom stereocenters. The van der Waals surface area contributed by atoms with Crippen molar-refractivity contribution >= 4 is 14.7 Å². The van der Waals surface area contributed by atoms with Gasteiger partial charge >= 0.3 is 5.69 Å². The summed E-state index contributed by atoms with van der Waals surface area (Å²) >= 11 is 0. The van der Waals surface area contributed by atoms with Crippen LogP contribution in [0.4, 0.5) is 5.69 Å². The first-order chi connectivity index (χ1) is 23.2. The first kappa shape index (κ1) is 37.0. The number of aromatic amines is 1. The van der Waals surface area contributed by atoms with Gasteiger partial charge < -0.3 is 23.3 Å². The molecule has 0 radical (unpaired) electrons. The summed E-state index contributed by atoms with van der Waals surface area (Å²) in [6.45, 7) is 5.88. The molecule has 1 aliphatic heterocycles. The Hall–Kier alpha value is -3.84. The van der Waals surface area contributed by atoms with Crippen LogP contribution in [-0.4, -0.2) is 61.7 Å². The summed E-state index contributed by atoms with van der Waals surface area (Å²) in [4.78, 5) is 38.0. The number of H-pyrrole nitrogens is 1. The number of aryl methyl sites for hydroxylation is 2. The van der Waals surface area contributed by atoms with E-state index in [-0.39, 0.29) is 47.6 Å². The second kappa shape index (κ2) is 18.6. The van der Waals surface area contributed by atoms with Crippen molar-refractivity contribution in [1.29, 1.82) is 5.26 Å². The molecule has 0 spiro atoms. The van der Waals surface area contributed by atoms with Crippen molar-refractivity contribution in [1.82, 2.24) is 24.5 Å². The zero-order valence-corrected chi connectivity index (χ0v) is 28.3. The van der Waals surface area contributed by atoms with Crippen LogP contribution < -0.4 is 11.2 Å². The number of nitriles is 1. The van der Waals surface area contributed by atoms with E-state index in [1.54, 1.807) is 30.7 Å². The Balaban J connectivity index is 1.35. The summed E-state index contributed by atoms with van der Waals surface area (Å²) in [6, 6.07) is 6.88. The highest BCUT2D eigenvalue weighted by atomic mass is 31.1. The van der Waals surface area contributed by atoms with Crippen molar-refractivity contribution in [3.63, 3.8) is 0 Å². The molecule has 0 saturated carbocycles. The molecule has 0 bridgehead atoms. The SMILES string of the molecule is CCCCCCc1cn(Cc2ccc([N+](=O)[O-])c(C(C)OCOC[C@H]3O[C@@H](n4cc(C)c(=O)[nH]c4=O)C[C@H]3OPOCCC#N)c2)nn1. The number of nitrogens with one attached hydrogen (secondary N) is 1. The molecule has 260 valence electrons. The topological polar surface area (TPSA) is 199 Å². The molecular formula is C31H42N7O9P. The van der Waals surface area contributed by atoms with Crippen LogP contribution in [0.5, 0.6) is 0 Å². The molecule has 2 aromatic heterocycles. The summed E-state index contributed by atoms with van der Waals surface area (Å²) in [5.74, 6) is 0. The fraction of sp³-hybridized carbons (Fsp3) is 0.581. The number of hydrogen-bond acceptors (Lipinski definition) is 12. The first-order valence-corrected chi connectivity index (χ1v) is 16.7. The Morgan fingerprint density at radius 3 is 2.88 bits per heavy atom. The molecular weight excluding hydrogens is 645 g/mol. The Morgan fingerprint density at radius 2 is 2.10 bits per heavy atom. The standard InChI is InChI=1S/C31H42N7O9P/c1-4-5-6-7-9-24-18-36(35-34-24)17-23-10-11-26(38(41)42)25(14-23)22(3)44-20-43-19-28-27(47-48-45-13-8-12-32)15-29(46-28)37-16-21(2)30(39)33-31(37)40/h10-11,14,16,18,22,27-29,48H,4-9,13,15,17,19-20H2,1-3H3,(H,33,39,40)/t22?,27-,28-,29-/m1/s1. The third-order valence-corrected chi connectivity index (χ3v) is 8.56. The number of hydrogen-bond donors (Lipinski definition) is 1. The van der Waals surface area contributed by atoms with Gasteiger partial charge in [-0.1, -0.05) is 37.5 Å². The van der Waals surface area contributed by atoms with E-state index >= 15 is 0 Å². The molecule has 17 heteroatoms. The molecule has 1 saturated heterocycles. The number of benzene rings is 1. The zero-order chi connectivity index (χ0) is 34.5. The highest BCUT2D eigenvalue weighted by Crippen LogP contribution is 2.35. The van der Waals surface area contributed by atoms with Crippen LogP contribution in [0.3, 0.4) is 0 Å². The number of nitro benzene ring substituents is 1. The van der Waals surface area contributed by atoms with Crippen molar-refractivity contribution in [3.8, 4) is 6.07 Å². The number of rotatable bonds is 20. The van der Waals surface area contributed by atoms with Gasteiger partial charge in [-0.05, 0) is 38.3 Å². The quantitative estimate of drug-likeness (QED) is 0.0579. The van der Waals surface area contributed by atoms with Crippen molar-refractivity contribution in [2.45, 2.75) is 96.8 Å². The molecule has 0 aliphatic carbocycles. The number of unbranched alkanes of at least 4 members (excludes halogenated alkanes) is 3. The summed E-state index contributed by atoms with van der Waals surface area (Å²) in [7, 11) is -0.368. The molecule has 3 heterocycles. The molecule has 0 amide bonds. The van der Waals surface area contributed by atoms with Gasteiger partial charge in [-0.25, -0.2) is 9.48 Å². The van der Waals surface area contributed by atoms with E-state index in [4.69, 9.17) is 28.5 Å². The molecule has 1 aliphatic rings. The van der Waals surface area contributed by atoms with Gasteiger partial charge in [0.05, 0.1) is 60.6 Å². The molecule has 4 rings (SSSR count). The predicted octanol–water partition coefficient (Wildman–Crippen LogP) is 4.38. The van der Waals surface area contributed by atoms with Crippen LogP contribution in [0, 0.1) is 28.4 Å². The largest absolute Gasteiger partial charge is 0.353 e. The molecule has 1 N–H and O–H groups in total. The fourth-order valence-corrected chi connectivity index (χ4v) is 5.85. The van der Waals surface area contributed by atoms with Crippen molar-refractivity contribution < 1.29 is 28.2 Å². The zero-order valence-electron chi connectivity index (χ0n) is 27.3. The minimum Gasteiger partial charge on any atom is -0.353 e. The first-order valence-electron chi connectivity index (χ1n) is 15.9. The van der Waals surface area contributed by atoms with Gasteiger partial charge in [0.15, 0.2) is 9.03 Å². The van der Waals surface area contributed by atoms with Gasteiger partial charge in [-0.3, -0.25) is 24.5 Å². The smallest absolute Gasteiger partial charge is 0.330 e. The molecule has 1 aromatic carbocycles. The van der Waals surface area contributed by atoms with Gasteiger partial charge in [0, 0.05) is 30.4 Å². The molecule has 48 heavy (non-hydrogen) atoms. The monoisotopic (exact) mass is 687 g/mol. The van der Waals surface area contributed by atoms with Crippen LogP contribution >= 0.6 is 9.03 Å². The predicted molar refractivity (Wildman–Crippen MR) is 174 cm³/mol. The van der Waals surface area contributed by atoms with Gasteiger partial charge in [-0.2, -0.15) is 5.26 Å². The Morgan fingerprint density at radius 1 is 1.27 bits per heavy atom. The van der Waals surface area contributed by atoms with Crippen LogP contribution in [0.15, 0.2) is 40.2 Å². The summed E-state index contributed by atoms with van der Waals surface area (Å²) in [5.41, 5.74) is 1.30. The van der Waals surface area contributed by atoms with Crippen LogP contribution in [-0.2, 0) is 36.2 Å². The van der Waals surface area contributed by atoms with E-state index in [2.05, 4.69) is 22.2 Å². The summed E-state index contributed by atoms with van der Waals surface area (Å²) in [6.07, 6.45) is 6.67. The van der Waals surface area contributed by atoms with E-state index in [1.807, 2.05) is 12.3 Å². The maximum Gasteiger partial charge on any atom is 0.330 e. The lowest BCUT2D eigenvalue weighted by Crippen LogP contribution is -2.33. The second-order valence-electron chi connectivity index (χ2n) is 11.5. The number of nitro groups is 1. The van der Waals surface area contributed by atoms with Gasteiger partial charge in [0.2, 0.25) is 0 Å². The van der Waals surface area contributed by atoms with Crippen LogP contribution in [0.25, 0.3) is 0 Å². The molecule has 5 atom stereocenters. The number of aromatic nitrogens is 5. The van der Waals surface area contributed by atoms with E-state index in [1.165, 1.54) is 29.7 Å². The van der Waals surface area contributed by atoms with Crippen LogP contribution in [0.2, 0.25) is 0 Å². The van der Waals surface area contributed by atoms with Crippen LogP contribution in [0.1, 0.15) is 87.1 Å². The third kappa shape index (κ3) is 10.6. The Bertz CT molecular complexity index is 1650. The Labute approximate surface area is 279 Å². The summed E-state index contributed by atoms with van der Waals surface area (Å²) < 4.78 is 32.0. The molecule has 1 fully saturated rings. The maximum absolute atomic E-state index is 12.5. The van der Waals surface area contributed by atoms with Gasteiger partial charge in [0.1, 0.15) is 19.1 Å². The van der Waals surface area contributed by atoms with E-state index in [0.29, 0.717) is 17.7 Å². The minimum atomic E-state index is -0.733. The van der Waals surface area contributed by atoms with Crippen molar-refractivity contribution in [3.05, 3.63) is 83.9 Å². The number of ether oxygens (including phenoxy) is 3.